The second-order valence-corrected chi connectivity index (χ2v) is 7.30. The molecular formula is C21H27N5O3. The number of methoxy groups -OCH3 is 1. The molecule has 2 aromatic heterocycles. The van der Waals surface area contributed by atoms with Gasteiger partial charge in [0.05, 0.1) is 7.11 Å². The van der Waals surface area contributed by atoms with Crippen molar-refractivity contribution in [2.75, 3.05) is 46.2 Å². The number of ether oxygens (including phenoxy) is 1. The van der Waals surface area contributed by atoms with Crippen LogP contribution < -0.4 is 15.6 Å². The molecule has 1 saturated heterocycles. The smallest absolute Gasteiger partial charge is 0.271 e. The molecule has 1 aliphatic rings. The Kier molecular flexibility index (Phi) is 6.66. The molecule has 1 atom stereocenters. The predicted molar refractivity (Wildman–Crippen MR) is 113 cm³/mol. The molecule has 1 amide bonds. The highest BCUT2D eigenvalue weighted by Gasteiger charge is 2.25. The molecule has 0 saturated carbocycles. The number of nitrogens with zero attached hydrogens (tertiary/aromatic N) is 3. The summed E-state index contributed by atoms with van der Waals surface area (Å²) in [6.45, 7) is 1.96. The maximum atomic E-state index is 12.3. The number of amides is 1. The highest BCUT2D eigenvalue weighted by atomic mass is 16.5. The molecule has 8 nitrogen and oxygen atoms in total. The Labute approximate surface area is 170 Å². The molecule has 2 aromatic rings. The molecule has 8 heteroatoms. The molecule has 0 spiro atoms. The van der Waals surface area contributed by atoms with Crippen molar-refractivity contribution in [2.45, 2.75) is 12.5 Å². The van der Waals surface area contributed by atoms with Crippen LogP contribution in [0.1, 0.15) is 6.42 Å². The summed E-state index contributed by atoms with van der Waals surface area (Å²) in [6.07, 6.45) is 7.60. The van der Waals surface area contributed by atoms with E-state index >= 15 is 0 Å². The second-order valence-electron chi connectivity index (χ2n) is 7.30. The number of H-pyrrole nitrogens is 1. The Bertz CT molecular complexity index is 938. The lowest BCUT2D eigenvalue weighted by Gasteiger charge is -2.16. The summed E-state index contributed by atoms with van der Waals surface area (Å²) < 4.78 is 5.17. The number of carbonyl (C=O) groups excluding carboxylic acids is 1. The van der Waals surface area contributed by atoms with Crippen molar-refractivity contribution in [1.82, 2.24) is 19.8 Å². The van der Waals surface area contributed by atoms with Gasteiger partial charge in [0, 0.05) is 55.8 Å². The number of likely N-dealkylation sites (N-methyl/N-ethyl adjacent to an activating group) is 1. The minimum absolute atomic E-state index is 0.00249. The van der Waals surface area contributed by atoms with Crippen LogP contribution in [0.3, 0.4) is 0 Å². The Balaban J connectivity index is 1.67. The van der Waals surface area contributed by atoms with Crippen molar-refractivity contribution >= 4 is 11.6 Å². The lowest BCUT2D eigenvalue weighted by molar-refractivity contribution is -0.125. The normalized spacial score (nSPS) is 16.6. The van der Waals surface area contributed by atoms with Crippen LogP contribution in [0.15, 0.2) is 47.5 Å². The van der Waals surface area contributed by atoms with E-state index in [1.807, 2.05) is 43.3 Å². The van der Waals surface area contributed by atoms with Gasteiger partial charge >= 0.3 is 0 Å². The monoisotopic (exact) mass is 397 g/mol. The van der Waals surface area contributed by atoms with Gasteiger partial charge in [0.1, 0.15) is 5.69 Å². The first-order chi connectivity index (χ1) is 14.0. The molecule has 3 rings (SSSR count). The minimum atomic E-state index is -0.189. The van der Waals surface area contributed by atoms with Crippen molar-refractivity contribution in [3.05, 3.63) is 53.1 Å². The van der Waals surface area contributed by atoms with Crippen LogP contribution in [0.5, 0.6) is 5.88 Å². The Morgan fingerprint density at radius 3 is 3.00 bits per heavy atom. The van der Waals surface area contributed by atoms with Crippen LogP contribution in [0.2, 0.25) is 0 Å². The number of likely N-dealkylation sites (tertiary alicyclic amines) is 1. The molecule has 154 valence electrons. The van der Waals surface area contributed by atoms with Crippen molar-refractivity contribution in [3.8, 4) is 17.0 Å². The number of aromatic amines is 1. The summed E-state index contributed by atoms with van der Waals surface area (Å²) in [7, 11) is 5.48. The van der Waals surface area contributed by atoms with Crippen molar-refractivity contribution in [2.24, 2.45) is 0 Å². The summed E-state index contributed by atoms with van der Waals surface area (Å²) in [5.41, 5.74) is 2.04. The summed E-state index contributed by atoms with van der Waals surface area (Å²) >= 11 is 0. The van der Waals surface area contributed by atoms with Crippen LogP contribution in [-0.2, 0) is 4.79 Å². The van der Waals surface area contributed by atoms with Gasteiger partial charge in [-0.15, -0.1) is 0 Å². The van der Waals surface area contributed by atoms with Crippen LogP contribution in [-0.4, -0.2) is 72.6 Å². The number of rotatable bonds is 7. The van der Waals surface area contributed by atoms with Gasteiger partial charge in [-0.05, 0) is 38.2 Å². The van der Waals surface area contributed by atoms with E-state index in [0.29, 0.717) is 24.7 Å². The Morgan fingerprint density at radius 2 is 2.24 bits per heavy atom. The highest BCUT2D eigenvalue weighted by molar-refractivity contribution is 5.87. The first-order valence-electron chi connectivity index (χ1n) is 9.56. The first kappa shape index (κ1) is 20.6. The Hall–Kier alpha value is -3.13. The van der Waals surface area contributed by atoms with Crippen LogP contribution in [0.25, 0.3) is 11.1 Å². The van der Waals surface area contributed by atoms with Gasteiger partial charge in [-0.25, -0.2) is 4.98 Å². The fraction of sp³-hybridized carbons (Fsp3) is 0.381. The van der Waals surface area contributed by atoms with Gasteiger partial charge in [-0.2, -0.15) is 0 Å². The molecule has 1 fully saturated rings. The van der Waals surface area contributed by atoms with Gasteiger partial charge in [0.2, 0.25) is 11.8 Å². The molecule has 1 aliphatic heterocycles. The number of hydrogen-bond donors (Lipinski definition) is 2. The van der Waals surface area contributed by atoms with Gasteiger partial charge < -0.3 is 24.8 Å². The van der Waals surface area contributed by atoms with E-state index in [4.69, 9.17) is 4.74 Å². The lowest BCUT2D eigenvalue weighted by atomic mass is 10.1. The number of pyridine rings is 2. The topological polar surface area (TPSA) is 90.6 Å². The third-order valence-electron chi connectivity index (χ3n) is 4.77. The fourth-order valence-electron chi connectivity index (χ4n) is 3.23. The summed E-state index contributed by atoms with van der Waals surface area (Å²) in [4.78, 5) is 35.3. The number of hydrogen-bond acceptors (Lipinski definition) is 6. The zero-order chi connectivity index (χ0) is 20.8. The average molecular weight is 397 g/mol. The van der Waals surface area contributed by atoms with Crippen molar-refractivity contribution < 1.29 is 9.53 Å². The largest absolute Gasteiger partial charge is 0.481 e. The molecular weight excluding hydrogens is 370 g/mol. The number of nitrogens with one attached hydrogen (secondary N) is 2. The van der Waals surface area contributed by atoms with Crippen LogP contribution in [0, 0.1) is 0 Å². The quantitative estimate of drug-likeness (QED) is 0.690. The standard InChI is InChI=1S/C21H27N5O3/c1-25(2)9-4-5-20(27)26-10-7-17(14-26)24-18-11-16(13-23-21(18)28)15-6-8-22-19(12-15)29-3/h4-6,8,11-13,17,24H,7,9-10,14H2,1-3H3,(H,23,28)/t17-/m1/s1. The van der Waals surface area contributed by atoms with E-state index < -0.39 is 0 Å². The molecule has 29 heavy (non-hydrogen) atoms. The highest BCUT2D eigenvalue weighted by Crippen LogP contribution is 2.23. The van der Waals surface area contributed by atoms with Crippen LogP contribution >= 0.6 is 0 Å². The average Bonchev–Trinajstić information content (AvgIpc) is 3.18. The minimum Gasteiger partial charge on any atom is -0.481 e. The molecule has 0 bridgehead atoms. The van der Waals surface area contributed by atoms with Gasteiger partial charge in [0.25, 0.3) is 5.56 Å². The van der Waals surface area contributed by atoms with E-state index in [2.05, 4.69) is 15.3 Å². The third-order valence-corrected chi connectivity index (χ3v) is 4.77. The molecule has 0 unspecified atom stereocenters. The van der Waals surface area contributed by atoms with Gasteiger partial charge in [0.15, 0.2) is 0 Å². The first-order valence-corrected chi connectivity index (χ1v) is 9.56. The SMILES string of the molecule is COc1cc(-c2c[nH]c(=O)c(N[C@@H]3CCN(C(=O)C=CCN(C)C)C3)c2)ccn1. The maximum absolute atomic E-state index is 12.3. The van der Waals surface area contributed by atoms with Crippen molar-refractivity contribution in [3.63, 3.8) is 0 Å². The lowest BCUT2D eigenvalue weighted by Crippen LogP contribution is -2.31. The molecule has 0 aromatic carbocycles. The molecule has 0 radical (unpaired) electrons. The zero-order valence-corrected chi connectivity index (χ0v) is 17.0. The van der Waals surface area contributed by atoms with Gasteiger partial charge in [-0.3, -0.25) is 9.59 Å². The third kappa shape index (κ3) is 5.45. The molecule has 2 N–H and O–H groups in total. The van der Waals surface area contributed by atoms with Gasteiger partial charge in [-0.1, -0.05) is 6.08 Å². The summed E-state index contributed by atoms with van der Waals surface area (Å²) in [5, 5.41) is 3.29. The fourth-order valence-corrected chi connectivity index (χ4v) is 3.23. The molecule has 3 heterocycles. The maximum Gasteiger partial charge on any atom is 0.271 e. The van der Waals surface area contributed by atoms with E-state index in [0.717, 1.165) is 24.1 Å². The second kappa shape index (κ2) is 9.38. The number of aromatic nitrogens is 2. The van der Waals surface area contributed by atoms with Crippen molar-refractivity contribution in [1.29, 1.82) is 0 Å². The van der Waals surface area contributed by atoms with Crippen LogP contribution in [0.4, 0.5) is 5.69 Å². The summed E-state index contributed by atoms with van der Waals surface area (Å²) in [6, 6.07) is 5.52. The van der Waals surface area contributed by atoms with E-state index in [1.165, 1.54) is 0 Å². The van der Waals surface area contributed by atoms with E-state index in [9.17, 15) is 9.59 Å². The summed E-state index contributed by atoms with van der Waals surface area (Å²) in [5.74, 6) is 0.512. The number of anilines is 1. The van der Waals surface area contributed by atoms with E-state index in [1.54, 1.807) is 30.5 Å². The predicted octanol–water partition coefficient (Wildman–Crippen LogP) is 1.58. The zero-order valence-electron chi connectivity index (χ0n) is 17.0. The number of carbonyl (C=O) groups is 1. The van der Waals surface area contributed by atoms with E-state index in [-0.39, 0.29) is 17.5 Å². The Morgan fingerprint density at radius 1 is 1.41 bits per heavy atom. The molecule has 0 aliphatic carbocycles.